The fraction of sp³-hybridized carbons (Fsp3) is 0.0278. The van der Waals surface area contributed by atoms with Gasteiger partial charge in [0, 0.05) is 115 Å². The van der Waals surface area contributed by atoms with Gasteiger partial charge in [-0.25, -0.2) is 0 Å². The van der Waals surface area contributed by atoms with Crippen molar-refractivity contribution in [3.8, 4) is 11.1 Å². The molecule has 78 heavy (non-hydrogen) atoms. The summed E-state index contributed by atoms with van der Waals surface area (Å²) >= 11 is 1.89. The second-order valence-electron chi connectivity index (χ2n) is 21.0. The quantitative estimate of drug-likeness (QED) is 0.159. The third-order valence-electron chi connectivity index (χ3n) is 16.4. The number of benzene rings is 12. The first-order valence-electron chi connectivity index (χ1n) is 26.6. The third-order valence-corrected chi connectivity index (χ3v) is 17.6. The van der Waals surface area contributed by atoms with Crippen molar-refractivity contribution in [3.63, 3.8) is 0 Å². The van der Waals surface area contributed by atoms with Gasteiger partial charge in [0.25, 0.3) is 0 Å². The van der Waals surface area contributed by atoms with Crippen LogP contribution in [0, 0.1) is 13.8 Å². The summed E-state index contributed by atoms with van der Waals surface area (Å²) in [6, 6.07) is 86.6. The maximum absolute atomic E-state index is 6.49. The number of anilines is 6. The van der Waals surface area contributed by atoms with Gasteiger partial charge in [0.1, 0.15) is 22.3 Å². The van der Waals surface area contributed by atoms with Crippen LogP contribution in [0.15, 0.2) is 245 Å². The van der Waals surface area contributed by atoms with Gasteiger partial charge in [-0.3, -0.25) is 0 Å². The van der Waals surface area contributed by atoms with E-state index in [9.17, 15) is 0 Å². The molecule has 0 aliphatic carbocycles. The second-order valence-corrected chi connectivity index (χ2v) is 22.1. The largest absolute Gasteiger partial charge is 0.456 e. The Morgan fingerprint density at radius 1 is 0.321 bits per heavy atom. The SMILES string of the molecule is Cc1ccc(N(c2ccc3c(c2)oc2ccccc23)c2ccc3c(c2)sc2c3ccc3c2ccc2c3c3cc(-c4ccccc4)cc4c5ccc(N(c6ccc(C)cc6)c6ccc7c(c6)oc6ccccc67)cc5n2c43)cc1. The molecular formula is C72H45N3O2S. The fourth-order valence-corrected chi connectivity index (χ4v) is 14.0. The Balaban J connectivity index is 0.866. The molecule has 5 aromatic heterocycles. The van der Waals surface area contributed by atoms with Crippen molar-refractivity contribution in [2.45, 2.75) is 13.8 Å². The first-order valence-corrected chi connectivity index (χ1v) is 27.4. The summed E-state index contributed by atoms with van der Waals surface area (Å²) in [6.45, 7) is 4.29. The van der Waals surface area contributed by atoms with Crippen LogP contribution in [0.4, 0.5) is 34.1 Å². The average Bonchev–Trinajstić information content (AvgIpc) is 4.39. The van der Waals surface area contributed by atoms with E-state index in [0.717, 1.165) is 78.0 Å². The van der Waals surface area contributed by atoms with Crippen LogP contribution in [0.2, 0.25) is 0 Å². The summed E-state index contributed by atoms with van der Waals surface area (Å²) < 4.78 is 18.0. The summed E-state index contributed by atoms with van der Waals surface area (Å²) in [5.41, 5.74) is 18.4. The highest BCUT2D eigenvalue weighted by atomic mass is 32.1. The van der Waals surface area contributed by atoms with Gasteiger partial charge in [0.2, 0.25) is 0 Å². The predicted molar refractivity (Wildman–Crippen MR) is 330 cm³/mol. The van der Waals surface area contributed by atoms with Crippen molar-refractivity contribution in [2.75, 3.05) is 9.80 Å². The summed E-state index contributed by atoms with van der Waals surface area (Å²) in [7, 11) is 0. The van der Waals surface area contributed by atoms with Gasteiger partial charge in [0.05, 0.1) is 16.6 Å². The Hall–Kier alpha value is -9.88. The molecule has 0 unspecified atom stereocenters. The zero-order valence-electron chi connectivity index (χ0n) is 42.6. The van der Waals surface area contributed by atoms with Crippen molar-refractivity contribution >= 4 is 158 Å². The van der Waals surface area contributed by atoms with Gasteiger partial charge in [-0.1, -0.05) is 132 Å². The summed E-state index contributed by atoms with van der Waals surface area (Å²) in [6.07, 6.45) is 0. The molecule has 366 valence electrons. The smallest absolute Gasteiger partial charge is 0.137 e. The first-order chi connectivity index (χ1) is 38.5. The molecule has 17 aromatic rings. The highest BCUT2D eigenvalue weighted by Crippen LogP contribution is 2.49. The lowest BCUT2D eigenvalue weighted by atomic mass is 9.97. The number of nitrogens with zero attached hydrogens (tertiary/aromatic N) is 3. The number of aryl methyl sites for hydroxylation is 2. The molecule has 0 aliphatic heterocycles. The lowest BCUT2D eigenvalue weighted by Crippen LogP contribution is -2.09. The molecule has 0 N–H and O–H groups in total. The zero-order chi connectivity index (χ0) is 51.3. The van der Waals surface area contributed by atoms with Gasteiger partial charge in [0.15, 0.2) is 0 Å². The molecule has 0 atom stereocenters. The summed E-state index contributed by atoms with van der Waals surface area (Å²) in [5.74, 6) is 0. The van der Waals surface area contributed by atoms with Crippen molar-refractivity contribution in [3.05, 3.63) is 248 Å². The number of para-hydroxylation sites is 2. The van der Waals surface area contributed by atoms with Crippen molar-refractivity contribution < 1.29 is 8.83 Å². The van der Waals surface area contributed by atoms with Crippen LogP contribution in [0.1, 0.15) is 11.1 Å². The molecule has 0 fully saturated rings. The molecular weight excluding hydrogens is 971 g/mol. The normalized spacial score (nSPS) is 12.2. The van der Waals surface area contributed by atoms with Crippen LogP contribution in [-0.4, -0.2) is 4.40 Å². The number of hydrogen-bond donors (Lipinski definition) is 0. The highest BCUT2D eigenvalue weighted by molar-refractivity contribution is 7.26. The molecule has 5 nitrogen and oxygen atoms in total. The summed E-state index contributed by atoms with van der Waals surface area (Å²) in [5, 5.41) is 14.5. The Labute approximate surface area is 451 Å². The standard InChI is InChI=1S/C72H45N3O2S/c1-42-16-20-46(21-17-42)73(49-25-29-55-53-12-6-8-14-65(53)76-67(55)39-49)48-24-28-52-61-36-45(44-10-4-3-5-11-44)37-62-70-58-32-33-59-57-31-27-51(41-69(57)78-72(59)60(58)34-35-63(70)75(71(61)62)64(52)38-48)74(47-22-18-43(2)19-23-47)50-26-30-56-54-13-7-9-15-66(54)77-68(56)40-50/h3-41H,1-2H3. The maximum Gasteiger partial charge on any atom is 0.137 e. The van der Waals surface area contributed by atoms with Gasteiger partial charge in [-0.2, -0.15) is 0 Å². The average molecular weight is 1020 g/mol. The van der Waals surface area contributed by atoms with Crippen LogP contribution in [0.3, 0.4) is 0 Å². The molecule has 0 saturated heterocycles. The molecule has 0 aliphatic rings. The third kappa shape index (κ3) is 6.35. The van der Waals surface area contributed by atoms with Gasteiger partial charge >= 0.3 is 0 Å². The molecule has 17 rings (SSSR count). The van der Waals surface area contributed by atoms with Crippen molar-refractivity contribution in [2.24, 2.45) is 0 Å². The first kappa shape index (κ1) is 43.4. The molecule has 0 spiro atoms. The van der Waals surface area contributed by atoms with E-state index in [4.69, 9.17) is 8.83 Å². The fourth-order valence-electron chi connectivity index (χ4n) is 12.7. The number of fused-ring (bicyclic) bond motifs is 18. The Bertz CT molecular complexity index is 5300. The van der Waals surface area contributed by atoms with E-state index in [0.29, 0.717) is 0 Å². The Kier molecular flexibility index (Phi) is 9.07. The molecule has 0 saturated carbocycles. The van der Waals surface area contributed by atoms with Crippen molar-refractivity contribution in [1.82, 2.24) is 4.40 Å². The number of thiophene rings is 1. The van der Waals surface area contributed by atoms with Gasteiger partial charge in [-0.15, -0.1) is 11.3 Å². The minimum atomic E-state index is 0.868. The number of aromatic nitrogens is 1. The summed E-state index contributed by atoms with van der Waals surface area (Å²) in [4.78, 5) is 4.72. The van der Waals surface area contributed by atoms with E-state index >= 15 is 0 Å². The zero-order valence-corrected chi connectivity index (χ0v) is 43.4. The number of hydrogen-bond acceptors (Lipinski definition) is 5. The second kappa shape index (κ2) is 16.3. The minimum absolute atomic E-state index is 0.868. The van der Waals surface area contributed by atoms with E-state index in [1.54, 1.807) is 0 Å². The number of rotatable bonds is 7. The van der Waals surface area contributed by atoms with Gasteiger partial charge in [-0.05, 0) is 133 Å². The molecule has 5 heterocycles. The van der Waals surface area contributed by atoms with E-state index < -0.39 is 0 Å². The molecule has 6 heteroatoms. The van der Waals surface area contributed by atoms with Crippen LogP contribution in [0.5, 0.6) is 0 Å². The number of furan rings is 2. The van der Waals surface area contributed by atoms with E-state index in [2.05, 4.69) is 240 Å². The Morgan fingerprint density at radius 3 is 1.44 bits per heavy atom. The lowest BCUT2D eigenvalue weighted by molar-refractivity contribution is 0.668. The van der Waals surface area contributed by atoms with Crippen molar-refractivity contribution in [1.29, 1.82) is 0 Å². The minimum Gasteiger partial charge on any atom is -0.456 e. The monoisotopic (exact) mass is 1020 g/mol. The highest BCUT2D eigenvalue weighted by Gasteiger charge is 2.25. The van der Waals surface area contributed by atoms with E-state index in [1.807, 2.05) is 35.6 Å². The van der Waals surface area contributed by atoms with E-state index in [-0.39, 0.29) is 0 Å². The molecule has 0 bridgehead atoms. The predicted octanol–water partition coefficient (Wildman–Crippen LogP) is 21.4. The van der Waals surface area contributed by atoms with Crippen LogP contribution >= 0.6 is 11.3 Å². The van der Waals surface area contributed by atoms with Crippen LogP contribution < -0.4 is 9.80 Å². The van der Waals surface area contributed by atoms with Crippen LogP contribution in [0.25, 0.3) is 124 Å². The topological polar surface area (TPSA) is 37.2 Å². The van der Waals surface area contributed by atoms with E-state index in [1.165, 1.54) is 91.3 Å². The van der Waals surface area contributed by atoms with Crippen LogP contribution in [-0.2, 0) is 0 Å². The Morgan fingerprint density at radius 2 is 0.795 bits per heavy atom. The molecule has 0 amide bonds. The lowest BCUT2D eigenvalue weighted by Gasteiger charge is -2.25. The molecule has 12 aromatic carbocycles. The van der Waals surface area contributed by atoms with Gasteiger partial charge < -0.3 is 23.0 Å². The maximum atomic E-state index is 6.49. The molecule has 0 radical (unpaired) electrons.